The molecule has 2 aromatic carbocycles. The largest absolute Gasteiger partial charge is 0.338 e. The normalized spacial score (nSPS) is 14.4. The molecule has 158 valence electrons. The van der Waals surface area contributed by atoms with Gasteiger partial charge in [-0.05, 0) is 50.2 Å². The SMILES string of the molecule is Brc1cccc(-c2noc(CSc3nnc(CN4CCCC4)n3-c3ccccc3)n2)c1. The molecule has 0 N–H and O–H groups in total. The Morgan fingerprint density at radius 3 is 2.65 bits per heavy atom. The number of hydrogen-bond donors (Lipinski definition) is 0. The number of aromatic nitrogens is 5. The second kappa shape index (κ2) is 9.33. The number of benzene rings is 2. The summed E-state index contributed by atoms with van der Waals surface area (Å²) >= 11 is 5.03. The zero-order valence-corrected chi connectivity index (χ0v) is 19.2. The standard InChI is InChI=1S/C22H21BrN6OS/c23-17-8-6-7-16(13-17)21-24-20(30-27-21)15-31-22-26-25-19(14-28-11-4-5-12-28)29(22)18-9-2-1-3-10-18/h1-3,6-10,13H,4-5,11-12,14-15H2. The molecular formula is C22H21BrN6OS. The molecule has 0 bridgehead atoms. The predicted octanol–water partition coefficient (Wildman–Crippen LogP) is 4.97. The lowest BCUT2D eigenvalue weighted by atomic mass is 10.2. The molecule has 9 heteroatoms. The highest BCUT2D eigenvalue weighted by atomic mass is 79.9. The number of hydrogen-bond acceptors (Lipinski definition) is 7. The summed E-state index contributed by atoms with van der Waals surface area (Å²) in [5.41, 5.74) is 1.97. The third kappa shape index (κ3) is 4.73. The molecule has 3 heterocycles. The molecule has 1 aliphatic heterocycles. The van der Waals surface area contributed by atoms with E-state index in [1.54, 1.807) is 11.8 Å². The third-order valence-corrected chi connectivity index (χ3v) is 6.56. The molecule has 7 nitrogen and oxygen atoms in total. The summed E-state index contributed by atoms with van der Waals surface area (Å²) in [4.78, 5) is 6.97. The van der Waals surface area contributed by atoms with Crippen LogP contribution in [0.1, 0.15) is 24.6 Å². The number of rotatable bonds is 7. The summed E-state index contributed by atoms with van der Waals surface area (Å²) in [6.07, 6.45) is 2.50. The van der Waals surface area contributed by atoms with Crippen LogP contribution in [0.3, 0.4) is 0 Å². The van der Waals surface area contributed by atoms with Gasteiger partial charge in [0.15, 0.2) is 11.0 Å². The van der Waals surface area contributed by atoms with Gasteiger partial charge in [-0.15, -0.1) is 10.2 Å². The van der Waals surface area contributed by atoms with Crippen LogP contribution in [0.5, 0.6) is 0 Å². The Hall–Kier alpha value is -2.49. The Labute approximate surface area is 193 Å². The molecule has 1 aliphatic rings. The van der Waals surface area contributed by atoms with Crippen LogP contribution in [0, 0.1) is 0 Å². The quantitative estimate of drug-likeness (QED) is 0.334. The molecule has 2 aromatic heterocycles. The lowest BCUT2D eigenvalue weighted by molar-refractivity contribution is 0.319. The van der Waals surface area contributed by atoms with Crippen LogP contribution >= 0.6 is 27.7 Å². The van der Waals surface area contributed by atoms with Crippen molar-refractivity contribution in [2.24, 2.45) is 0 Å². The lowest BCUT2D eigenvalue weighted by Crippen LogP contribution is -2.21. The Morgan fingerprint density at radius 1 is 1.00 bits per heavy atom. The number of likely N-dealkylation sites (tertiary alicyclic amines) is 1. The molecule has 0 atom stereocenters. The number of nitrogens with zero attached hydrogens (tertiary/aromatic N) is 6. The molecule has 0 unspecified atom stereocenters. The zero-order valence-electron chi connectivity index (χ0n) is 16.8. The van der Waals surface area contributed by atoms with E-state index in [1.807, 2.05) is 42.5 Å². The first-order valence-corrected chi connectivity index (χ1v) is 12.0. The van der Waals surface area contributed by atoms with Gasteiger partial charge < -0.3 is 4.52 Å². The highest BCUT2D eigenvalue weighted by Gasteiger charge is 2.20. The van der Waals surface area contributed by atoms with Crippen molar-refractivity contribution in [1.29, 1.82) is 0 Å². The van der Waals surface area contributed by atoms with E-state index in [4.69, 9.17) is 4.52 Å². The second-order valence-corrected chi connectivity index (χ2v) is 9.22. The van der Waals surface area contributed by atoms with Crippen molar-refractivity contribution in [3.63, 3.8) is 0 Å². The maximum atomic E-state index is 5.48. The van der Waals surface area contributed by atoms with Gasteiger partial charge in [0.2, 0.25) is 11.7 Å². The molecule has 0 spiro atoms. The molecule has 5 rings (SSSR count). The van der Waals surface area contributed by atoms with Crippen LogP contribution in [0.2, 0.25) is 0 Å². The molecule has 0 radical (unpaired) electrons. The van der Waals surface area contributed by atoms with E-state index in [9.17, 15) is 0 Å². The maximum absolute atomic E-state index is 5.48. The summed E-state index contributed by atoms with van der Waals surface area (Å²) in [5, 5.41) is 13.9. The summed E-state index contributed by atoms with van der Waals surface area (Å²) in [7, 11) is 0. The van der Waals surface area contributed by atoms with E-state index in [0.717, 1.165) is 46.3 Å². The first kappa shape index (κ1) is 20.4. The Kier molecular flexibility index (Phi) is 6.15. The Morgan fingerprint density at radius 2 is 1.84 bits per heavy atom. The van der Waals surface area contributed by atoms with E-state index in [1.165, 1.54) is 12.8 Å². The molecule has 4 aromatic rings. The molecule has 0 saturated carbocycles. The Balaban J connectivity index is 1.36. The summed E-state index contributed by atoms with van der Waals surface area (Å²) in [5.74, 6) is 2.62. The van der Waals surface area contributed by atoms with Gasteiger partial charge in [-0.25, -0.2) is 0 Å². The monoisotopic (exact) mass is 496 g/mol. The molecule has 1 fully saturated rings. The first-order chi connectivity index (χ1) is 15.3. The van der Waals surface area contributed by atoms with Crippen LogP contribution < -0.4 is 0 Å². The molecule has 0 aliphatic carbocycles. The average molecular weight is 497 g/mol. The third-order valence-electron chi connectivity index (χ3n) is 5.15. The van der Waals surface area contributed by atoms with Gasteiger partial charge in [-0.2, -0.15) is 4.98 Å². The van der Waals surface area contributed by atoms with Crippen molar-refractivity contribution in [1.82, 2.24) is 29.8 Å². The van der Waals surface area contributed by atoms with Crippen LogP contribution in [0.4, 0.5) is 0 Å². The average Bonchev–Trinajstić information content (AvgIpc) is 3.55. The van der Waals surface area contributed by atoms with Crippen LogP contribution in [-0.2, 0) is 12.3 Å². The van der Waals surface area contributed by atoms with Crippen molar-refractivity contribution in [2.45, 2.75) is 30.3 Å². The van der Waals surface area contributed by atoms with E-state index in [-0.39, 0.29) is 0 Å². The topological polar surface area (TPSA) is 72.9 Å². The first-order valence-electron chi connectivity index (χ1n) is 10.2. The number of thioether (sulfide) groups is 1. The number of halogens is 1. The smallest absolute Gasteiger partial charge is 0.237 e. The van der Waals surface area contributed by atoms with Crippen LogP contribution in [0.15, 0.2) is 68.7 Å². The fourth-order valence-electron chi connectivity index (χ4n) is 3.66. The summed E-state index contributed by atoms with van der Waals surface area (Å²) in [6.45, 7) is 3.03. The minimum Gasteiger partial charge on any atom is -0.338 e. The fraction of sp³-hybridized carbons (Fsp3) is 0.273. The summed E-state index contributed by atoms with van der Waals surface area (Å²) < 4.78 is 8.59. The van der Waals surface area contributed by atoms with Crippen molar-refractivity contribution >= 4 is 27.7 Å². The molecular weight excluding hydrogens is 476 g/mol. The highest BCUT2D eigenvalue weighted by Crippen LogP contribution is 2.27. The maximum Gasteiger partial charge on any atom is 0.237 e. The van der Waals surface area contributed by atoms with Crippen LogP contribution in [0.25, 0.3) is 17.1 Å². The van der Waals surface area contributed by atoms with Gasteiger partial charge in [0.05, 0.1) is 12.3 Å². The zero-order chi connectivity index (χ0) is 21.0. The highest BCUT2D eigenvalue weighted by molar-refractivity contribution is 9.10. The summed E-state index contributed by atoms with van der Waals surface area (Å²) in [6, 6.07) is 18.1. The van der Waals surface area contributed by atoms with Crippen molar-refractivity contribution in [2.75, 3.05) is 13.1 Å². The Bertz CT molecular complexity index is 1160. The minimum absolute atomic E-state index is 0.523. The van der Waals surface area contributed by atoms with Gasteiger partial charge in [-0.3, -0.25) is 9.47 Å². The van der Waals surface area contributed by atoms with Gasteiger partial charge in [0, 0.05) is 15.7 Å². The molecule has 1 saturated heterocycles. The van der Waals surface area contributed by atoms with Gasteiger partial charge in [0.25, 0.3) is 0 Å². The van der Waals surface area contributed by atoms with Gasteiger partial charge in [-0.1, -0.05) is 63.2 Å². The predicted molar refractivity (Wildman–Crippen MR) is 123 cm³/mol. The van der Waals surface area contributed by atoms with E-state index >= 15 is 0 Å². The molecule has 0 amide bonds. The van der Waals surface area contributed by atoms with Crippen molar-refractivity contribution in [3.8, 4) is 17.1 Å². The van der Waals surface area contributed by atoms with E-state index in [0.29, 0.717) is 17.5 Å². The van der Waals surface area contributed by atoms with Crippen LogP contribution in [-0.4, -0.2) is 42.9 Å². The number of para-hydroxylation sites is 1. The lowest BCUT2D eigenvalue weighted by Gasteiger charge is -2.15. The van der Waals surface area contributed by atoms with Gasteiger partial charge >= 0.3 is 0 Å². The second-order valence-electron chi connectivity index (χ2n) is 7.36. The van der Waals surface area contributed by atoms with Gasteiger partial charge in [0.1, 0.15) is 0 Å². The fourth-order valence-corrected chi connectivity index (χ4v) is 4.87. The van der Waals surface area contributed by atoms with Crippen molar-refractivity contribution in [3.05, 3.63) is 70.8 Å². The van der Waals surface area contributed by atoms with E-state index < -0.39 is 0 Å². The molecule has 31 heavy (non-hydrogen) atoms. The van der Waals surface area contributed by atoms with E-state index in [2.05, 4.69) is 57.9 Å². The minimum atomic E-state index is 0.523. The van der Waals surface area contributed by atoms with Crippen molar-refractivity contribution < 1.29 is 4.52 Å².